The zero-order valence-electron chi connectivity index (χ0n) is 11.9. The van der Waals surface area contributed by atoms with E-state index in [1.54, 1.807) is 24.3 Å². The molecule has 1 amide bonds. The fraction of sp³-hybridized carbons (Fsp3) is 0.333. The predicted molar refractivity (Wildman–Crippen MR) is 73.0 cm³/mol. The van der Waals surface area contributed by atoms with Crippen LogP contribution >= 0.6 is 0 Å². The normalized spacial score (nSPS) is 17.3. The molecule has 1 heterocycles. The molecule has 0 unspecified atom stereocenters. The van der Waals surface area contributed by atoms with Gasteiger partial charge in [-0.15, -0.1) is 0 Å². The van der Waals surface area contributed by atoms with Crippen LogP contribution in [0.3, 0.4) is 0 Å². The standard InChI is InChI=1S/C15H15F2NO4/c1-21-14(19)12-7-11(13(16)17)8-18(12)15(20)22-9-10-5-3-2-4-6-10/h2-6,12H,7-9H2,1H3/t12-/m0/s1. The summed E-state index contributed by atoms with van der Waals surface area (Å²) in [5.74, 6) is -0.743. The van der Waals surface area contributed by atoms with Crippen molar-refractivity contribution < 1.29 is 27.8 Å². The molecule has 0 radical (unpaired) electrons. The summed E-state index contributed by atoms with van der Waals surface area (Å²) in [4.78, 5) is 24.6. The molecule has 1 atom stereocenters. The maximum absolute atomic E-state index is 12.7. The third-order valence-electron chi connectivity index (χ3n) is 3.36. The van der Waals surface area contributed by atoms with E-state index in [1.807, 2.05) is 6.07 Å². The van der Waals surface area contributed by atoms with Crippen LogP contribution in [0.1, 0.15) is 12.0 Å². The van der Waals surface area contributed by atoms with Crippen molar-refractivity contribution in [1.82, 2.24) is 4.90 Å². The lowest BCUT2D eigenvalue weighted by Crippen LogP contribution is -2.41. The van der Waals surface area contributed by atoms with Gasteiger partial charge in [-0.2, -0.15) is 8.78 Å². The third kappa shape index (κ3) is 3.60. The van der Waals surface area contributed by atoms with Gasteiger partial charge in [0.05, 0.1) is 13.7 Å². The van der Waals surface area contributed by atoms with Gasteiger partial charge in [-0.1, -0.05) is 30.3 Å². The molecule has 0 saturated carbocycles. The molecule has 1 saturated heterocycles. The SMILES string of the molecule is COC(=O)[C@@H]1CC(=C(F)F)CN1C(=O)OCc1ccccc1. The molecule has 22 heavy (non-hydrogen) atoms. The molecule has 2 rings (SSSR count). The minimum absolute atomic E-state index is 0.00121. The summed E-state index contributed by atoms with van der Waals surface area (Å²) in [6.45, 7) is -0.336. The molecule has 5 nitrogen and oxygen atoms in total. The van der Waals surface area contributed by atoms with E-state index < -0.39 is 24.2 Å². The second-order valence-corrected chi connectivity index (χ2v) is 4.78. The molecule has 0 aliphatic carbocycles. The van der Waals surface area contributed by atoms with E-state index in [-0.39, 0.29) is 25.1 Å². The van der Waals surface area contributed by atoms with Crippen molar-refractivity contribution in [3.05, 3.63) is 47.5 Å². The second-order valence-electron chi connectivity index (χ2n) is 4.78. The Hall–Kier alpha value is -2.44. The van der Waals surface area contributed by atoms with E-state index >= 15 is 0 Å². The number of likely N-dealkylation sites (tertiary alicyclic amines) is 1. The highest BCUT2D eigenvalue weighted by Crippen LogP contribution is 2.28. The molecule has 1 fully saturated rings. The molecular weight excluding hydrogens is 296 g/mol. The average Bonchev–Trinajstić information content (AvgIpc) is 2.98. The van der Waals surface area contributed by atoms with E-state index in [1.165, 1.54) is 0 Å². The van der Waals surface area contributed by atoms with Gasteiger partial charge in [0.15, 0.2) is 0 Å². The molecule has 0 bridgehead atoms. The Balaban J connectivity index is 2.05. The molecule has 118 valence electrons. The van der Waals surface area contributed by atoms with Crippen molar-refractivity contribution in [3.63, 3.8) is 0 Å². The van der Waals surface area contributed by atoms with E-state index in [2.05, 4.69) is 4.74 Å². The summed E-state index contributed by atoms with van der Waals surface area (Å²) in [5.41, 5.74) is 0.504. The molecule has 0 N–H and O–H groups in total. The number of methoxy groups -OCH3 is 1. The van der Waals surface area contributed by atoms with E-state index in [9.17, 15) is 18.4 Å². The number of rotatable bonds is 3. The Morgan fingerprint density at radius 3 is 2.55 bits per heavy atom. The number of carbonyl (C=O) groups excluding carboxylic acids is 2. The Morgan fingerprint density at radius 2 is 1.95 bits per heavy atom. The van der Waals surface area contributed by atoms with E-state index in [4.69, 9.17) is 4.74 Å². The molecule has 1 aromatic rings. The van der Waals surface area contributed by atoms with Crippen molar-refractivity contribution in [1.29, 1.82) is 0 Å². The van der Waals surface area contributed by atoms with Gasteiger partial charge in [0.25, 0.3) is 6.08 Å². The molecule has 7 heteroatoms. The minimum atomic E-state index is -1.88. The van der Waals surface area contributed by atoms with Crippen LogP contribution in [0.4, 0.5) is 13.6 Å². The van der Waals surface area contributed by atoms with E-state index in [0.717, 1.165) is 17.6 Å². The number of nitrogens with zero attached hydrogens (tertiary/aromatic N) is 1. The largest absolute Gasteiger partial charge is 0.467 e. The maximum atomic E-state index is 12.7. The number of carbonyl (C=O) groups is 2. The number of amides is 1. The number of ether oxygens (including phenoxy) is 2. The number of hydrogen-bond donors (Lipinski definition) is 0. The van der Waals surface area contributed by atoms with Crippen LogP contribution in [0.25, 0.3) is 0 Å². The average molecular weight is 311 g/mol. The maximum Gasteiger partial charge on any atom is 0.411 e. The Morgan fingerprint density at radius 1 is 1.27 bits per heavy atom. The van der Waals surface area contributed by atoms with Gasteiger partial charge in [0.2, 0.25) is 0 Å². The quantitative estimate of drug-likeness (QED) is 0.805. The smallest absolute Gasteiger partial charge is 0.411 e. The molecule has 1 aliphatic heterocycles. The first-order chi connectivity index (χ1) is 10.5. The van der Waals surface area contributed by atoms with Gasteiger partial charge >= 0.3 is 12.1 Å². The summed E-state index contributed by atoms with van der Waals surface area (Å²) >= 11 is 0. The van der Waals surface area contributed by atoms with Crippen LogP contribution in [-0.2, 0) is 20.9 Å². The highest BCUT2D eigenvalue weighted by molar-refractivity contribution is 5.83. The lowest BCUT2D eigenvalue weighted by Gasteiger charge is -2.21. The zero-order valence-corrected chi connectivity index (χ0v) is 11.9. The fourth-order valence-corrected chi connectivity index (χ4v) is 2.20. The first-order valence-corrected chi connectivity index (χ1v) is 6.61. The zero-order chi connectivity index (χ0) is 16.1. The summed E-state index contributed by atoms with van der Waals surface area (Å²) in [5, 5.41) is 0. The van der Waals surface area contributed by atoms with Crippen LogP contribution in [0.5, 0.6) is 0 Å². The van der Waals surface area contributed by atoms with Gasteiger partial charge < -0.3 is 9.47 Å². The van der Waals surface area contributed by atoms with Gasteiger partial charge in [-0.25, -0.2) is 9.59 Å². The summed E-state index contributed by atoms with van der Waals surface area (Å²) < 4.78 is 35.1. The number of hydrogen-bond acceptors (Lipinski definition) is 4. The van der Waals surface area contributed by atoms with Crippen molar-refractivity contribution in [2.45, 2.75) is 19.1 Å². The molecular formula is C15H15F2NO4. The Labute approximate surface area is 126 Å². The van der Waals surface area contributed by atoms with E-state index in [0.29, 0.717) is 0 Å². The van der Waals surface area contributed by atoms with Crippen LogP contribution in [0.15, 0.2) is 42.0 Å². The van der Waals surface area contributed by atoms with Crippen molar-refractivity contribution in [3.8, 4) is 0 Å². The summed E-state index contributed by atoms with van der Waals surface area (Å²) in [6.07, 6.45) is -2.95. The first-order valence-electron chi connectivity index (χ1n) is 6.61. The fourth-order valence-electron chi connectivity index (χ4n) is 2.20. The van der Waals surface area contributed by atoms with Crippen molar-refractivity contribution >= 4 is 12.1 Å². The summed E-state index contributed by atoms with van der Waals surface area (Å²) in [7, 11) is 1.14. The third-order valence-corrected chi connectivity index (χ3v) is 3.36. The second kappa shape index (κ2) is 7.02. The van der Waals surface area contributed by atoms with Crippen LogP contribution in [0, 0.1) is 0 Å². The summed E-state index contributed by atoms with van der Waals surface area (Å²) in [6, 6.07) is 7.85. The van der Waals surface area contributed by atoms with Crippen LogP contribution in [-0.4, -0.2) is 36.7 Å². The predicted octanol–water partition coefficient (Wildman–Crippen LogP) is 2.72. The lowest BCUT2D eigenvalue weighted by atomic mass is 10.2. The molecule has 1 aromatic carbocycles. The topological polar surface area (TPSA) is 55.8 Å². The lowest BCUT2D eigenvalue weighted by molar-refractivity contribution is -0.145. The molecule has 1 aliphatic rings. The molecule has 0 aromatic heterocycles. The highest BCUT2D eigenvalue weighted by Gasteiger charge is 2.40. The van der Waals surface area contributed by atoms with Gasteiger partial charge in [-0.3, -0.25) is 4.90 Å². The Bertz CT molecular complexity index is 584. The molecule has 0 spiro atoms. The number of halogens is 2. The van der Waals surface area contributed by atoms with Crippen molar-refractivity contribution in [2.75, 3.05) is 13.7 Å². The first kappa shape index (κ1) is 15.9. The van der Waals surface area contributed by atoms with Gasteiger partial charge in [-0.05, 0) is 5.56 Å². The van der Waals surface area contributed by atoms with Gasteiger partial charge in [0, 0.05) is 12.0 Å². The highest BCUT2D eigenvalue weighted by atomic mass is 19.3. The van der Waals surface area contributed by atoms with Gasteiger partial charge in [0.1, 0.15) is 12.6 Å². The van der Waals surface area contributed by atoms with Crippen LogP contribution < -0.4 is 0 Å². The van der Waals surface area contributed by atoms with Crippen molar-refractivity contribution in [2.24, 2.45) is 0 Å². The van der Waals surface area contributed by atoms with Crippen LogP contribution in [0.2, 0.25) is 0 Å². The Kier molecular flexibility index (Phi) is 5.08. The number of benzene rings is 1. The minimum Gasteiger partial charge on any atom is -0.467 e. The number of esters is 1. The monoisotopic (exact) mass is 311 g/mol.